The van der Waals surface area contributed by atoms with Crippen molar-refractivity contribution in [1.82, 2.24) is 0 Å². The van der Waals surface area contributed by atoms with Gasteiger partial charge in [-0.3, -0.25) is 0 Å². The molecule has 1 N–H and O–H groups in total. The van der Waals surface area contributed by atoms with E-state index in [0.717, 1.165) is 11.1 Å². The molecule has 0 aliphatic heterocycles. The topological polar surface area (TPSA) is 47.9 Å². The molecule has 0 radical (unpaired) electrons. The molecule has 0 bridgehead atoms. The summed E-state index contributed by atoms with van der Waals surface area (Å²) in [5.41, 5.74) is 1.45. The van der Waals surface area contributed by atoms with Crippen molar-refractivity contribution in [2.75, 3.05) is 20.8 Å². The summed E-state index contributed by atoms with van der Waals surface area (Å²) in [5, 5.41) is 12.3. The molecule has 0 spiro atoms. The van der Waals surface area contributed by atoms with Crippen molar-refractivity contribution in [2.45, 2.75) is 19.1 Å². The highest BCUT2D eigenvalue weighted by atomic mass is 16.5. The molecule has 0 aliphatic rings. The first kappa shape index (κ1) is 19.9. The second-order valence-corrected chi connectivity index (χ2v) is 6.41. The van der Waals surface area contributed by atoms with Crippen molar-refractivity contribution in [3.05, 3.63) is 95.1 Å². The van der Waals surface area contributed by atoms with Gasteiger partial charge in [0, 0.05) is 17.7 Å². The van der Waals surface area contributed by atoms with E-state index in [0.29, 0.717) is 35.8 Å². The van der Waals surface area contributed by atoms with Gasteiger partial charge in [0.1, 0.15) is 17.1 Å². The maximum absolute atomic E-state index is 12.3. The number of ether oxygens (including phenoxy) is 3. The second-order valence-electron chi connectivity index (χ2n) is 6.41. The molecule has 0 unspecified atom stereocenters. The van der Waals surface area contributed by atoms with Gasteiger partial charge in [0.05, 0.1) is 20.8 Å². The number of benzene rings is 3. The summed E-state index contributed by atoms with van der Waals surface area (Å²) in [5.74, 6) is 1.20. The molecule has 0 heterocycles. The van der Waals surface area contributed by atoms with Crippen molar-refractivity contribution in [2.24, 2.45) is 0 Å². The molecule has 3 aromatic rings. The fourth-order valence-corrected chi connectivity index (χ4v) is 3.53. The minimum Gasteiger partial charge on any atom is -0.496 e. The molecule has 0 saturated heterocycles. The van der Waals surface area contributed by atoms with Crippen LogP contribution in [0.4, 0.5) is 0 Å². The minimum atomic E-state index is -1.48. The lowest BCUT2D eigenvalue weighted by molar-refractivity contribution is 0.106. The lowest BCUT2D eigenvalue weighted by atomic mass is 9.77. The van der Waals surface area contributed by atoms with E-state index >= 15 is 0 Å². The Balaban J connectivity index is 2.34. The van der Waals surface area contributed by atoms with Crippen LogP contribution >= 0.6 is 0 Å². The van der Waals surface area contributed by atoms with Crippen LogP contribution in [0.25, 0.3) is 0 Å². The summed E-state index contributed by atoms with van der Waals surface area (Å²) in [7, 11) is 3.21. The summed E-state index contributed by atoms with van der Waals surface area (Å²) < 4.78 is 16.9. The van der Waals surface area contributed by atoms with Crippen LogP contribution in [0.3, 0.4) is 0 Å². The molecule has 0 fully saturated rings. The first-order chi connectivity index (χ1) is 13.7. The highest BCUT2D eigenvalue weighted by molar-refractivity contribution is 5.57. The van der Waals surface area contributed by atoms with Crippen molar-refractivity contribution >= 4 is 0 Å². The lowest BCUT2D eigenvalue weighted by Gasteiger charge is -2.34. The third kappa shape index (κ3) is 3.61. The molecule has 28 heavy (non-hydrogen) atoms. The number of rotatable bonds is 8. The van der Waals surface area contributed by atoms with E-state index in [1.807, 2.05) is 79.7 Å². The van der Waals surface area contributed by atoms with Crippen molar-refractivity contribution in [3.8, 4) is 11.5 Å². The van der Waals surface area contributed by atoms with Gasteiger partial charge in [0.15, 0.2) is 0 Å². The highest BCUT2D eigenvalue weighted by Crippen LogP contribution is 2.45. The lowest BCUT2D eigenvalue weighted by Crippen LogP contribution is -2.31. The molecule has 0 aromatic heterocycles. The number of hydrogen-bond acceptors (Lipinski definition) is 4. The normalized spacial score (nSPS) is 11.3. The summed E-state index contributed by atoms with van der Waals surface area (Å²) in [4.78, 5) is 0. The Hall–Kier alpha value is -2.82. The number of aliphatic hydroxyl groups is 1. The fraction of sp³-hybridized carbons (Fsp3) is 0.250. The molecule has 0 atom stereocenters. The van der Waals surface area contributed by atoms with Gasteiger partial charge in [-0.1, -0.05) is 60.7 Å². The van der Waals surface area contributed by atoms with Crippen LogP contribution in [-0.2, 0) is 16.9 Å². The SMILES string of the molecule is CCOCc1ccccc1C(O)(c1ccccc1OC)c1ccccc1OC. The first-order valence-electron chi connectivity index (χ1n) is 9.32. The third-order valence-corrected chi connectivity index (χ3v) is 4.86. The Kier molecular flexibility index (Phi) is 6.34. The van der Waals surface area contributed by atoms with Gasteiger partial charge in [0.25, 0.3) is 0 Å². The van der Waals surface area contributed by atoms with Gasteiger partial charge in [-0.05, 0) is 30.2 Å². The summed E-state index contributed by atoms with van der Waals surface area (Å²) >= 11 is 0. The molecule has 0 amide bonds. The average molecular weight is 378 g/mol. The Morgan fingerprint density at radius 1 is 0.714 bits per heavy atom. The molecule has 4 nitrogen and oxygen atoms in total. The quantitative estimate of drug-likeness (QED) is 0.585. The number of hydrogen-bond donors (Lipinski definition) is 1. The van der Waals surface area contributed by atoms with E-state index in [9.17, 15) is 5.11 Å². The van der Waals surface area contributed by atoms with Crippen LogP contribution in [0.1, 0.15) is 29.2 Å². The van der Waals surface area contributed by atoms with E-state index in [1.165, 1.54) is 0 Å². The van der Waals surface area contributed by atoms with Crippen LogP contribution in [0.5, 0.6) is 11.5 Å². The maximum atomic E-state index is 12.3. The summed E-state index contributed by atoms with van der Waals surface area (Å²) in [6.07, 6.45) is 0. The minimum absolute atomic E-state index is 0.402. The molecule has 0 aliphatic carbocycles. The Labute approximate surface area is 166 Å². The van der Waals surface area contributed by atoms with E-state index in [2.05, 4.69) is 0 Å². The zero-order valence-electron chi connectivity index (χ0n) is 16.5. The van der Waals surface area contributed by atoms with Crippen LogP contribution < -0.4 is 9.47 Å². The van der Waals surface area contributed by atoms with Crippen molar-refractivity contribution in [1.29, 1.82) is 0 Å². The molecule has 146 valence electrons. The molecule has 3 aromatic carbocycles. The Morgan fingerprint density at radius 2 is 1.18 bits per heavy atom. The molecule has 3 rings (SSSR count). The standard InChI is InChI=1S/C24H26O4/c1-4-28-17-18-11-5-6-12-19(18)24(25,20-13-7-9-15-22(20)26-2)21-14-8-10-16-23(21)27-3/h5-16,25H,4,17H2,1-3H3. The van der Waals surface area contributed by atoms with Gasteiger partial charge < -0.3 is 19.3 Å². The zero-order valence-corrected chi connectivity index (χ0v) is 16.5. The van der Waals surface area contributed by atoms with Gasteiger partial charge in [-0.2, -0.15) is 0 Å². The molecule has 0 saturated carbocycles. The number of methoxy groups -OCH3 is 2. The summed E-state index contributed by atoms with van der Waals surface area (Å²) in [6, 6.07) is 22.8. The van der Waals surface area contributed by atoms with E-state index in [-0.39, 0.29) is 0 Å². The average Bonchev–Trinajstić information content (AvgIpc) is 2.77. The van der Waals surface area contributed by atoms with Crippen LogP contribution in [0.15, 0.2) is 72.8 Å². The van der Waals surface area contributed by atoms with Crippen molar-refractivity contribution in [3.63, 3.8) is 0 Å². The van der Waals surface area contributed by atoms with E-state index in [1.54, 1.807) is 14.2 Å². The van der Waals surface area contributed by atoms with Crippen LogP contribution in [-0.4, -0.2) is 25.9 Å². The third-order valence-electron chi connectivity index (χ3n) is 4.86. The van der Waals surface area contributed by atoms with Gasteiger partial charge in [-0.25, -0.2) is 0 Å². The van der Waals surface area contributed by atoms with Crippen LogP contribution in [0, 0.1) is 0 Å². The van der Waals surface area contributed by atoms with Crippen molar-refractivity contribution < 1.29 is 19.3 Å². The predicted molar refractivity (Wildman–Crippen MR) is 110 cm³/mol. The molecule has 4 heteroatoms. The van der Waals surface area contributed by atoms with Gasteiger partial charge >= 0.3 is 0 Å². The monoisotopic (exact) mass is 378 g/mol. The van der Waals surface area contributed by atoms with E-state index < -0.39 is 5.60 Å². The summed E-state index contributed by atoms with van der Waals surface area (Å²) in [6.45, 7) is 2.95. The predicted octanol–water partition coefficient (Wildman–Crippen LogP) is 4.52. The zero-order chi connectivity index (χ0) is 20.0. The van der Waals surface area contributed by atoms with Crippen LogP contribution in [0.2, 0.25) is 0 Å². The van der Waals surface area contributed by atoms with Gasteiger partial charge in [0.2, 0.25) is 0 Å². The second kappa shape index (κ2) is 8.91. The largest absolute Gasteiger partial charge is 0.496 e. The smallest absolute Gasteiger partial charge is 0.148 e. The van der Waals surface area contributed by atoms with E-state index in [4.69, 9.17) is 14.2 Å². The Bertz CT molecular complexity index is 872. The Morgan fingerprint density at radius 3 is 1.68 bits per heavy atom. The number of para-hydroxylation sites is 2. The highest BCUT2D eigenvalue weighted by Gasteiger charge is 2.40. The molecular weight excluding hydrogens is 352 g/mol. The fourth-order valence-electron chi connectivity index (χ4n) is 3.53. The molecular formula is C24H26O4. The maximum Gasteiger partial charge on any atom is 0.148 e. The first-order valence-corrected chi connectivity index (χ1v) is 9.32. The van der Waals surface area contributed by atoms with Gasteiger partial charge in [-0.15, -0.1) is 0 Å².